The quantitative estimate of drug-likeness (QED) is 0.822. The Kier molecular flexibility index (Phi) is 5.05. The molecule has 2 atom stereocenters. The van der Waals surface area contributed by atoms with Gasteiger partial charge in [-0.05, 0) is 43.5 Å². The molecule has 0 radical (unpaired) electrons. The van der Waals surface area contributed by atoms with E-state index in [0.29, 0.717) is 36.2 Å². The summed E-state index contributed by atoms with van der Waals surface area (Å²) in [6.07, 6.45) is 2.91. The van der Waals surface area contributed by atoms with E-state index in [9.17, 15) is 14.4 Å². The molecule has 2 aliphatic rings. The Morgan fingerprint density at radius 1 is 1.20 bits per heavy atom. The van der Waals surface area contributed by atoms with Gasteiger partial charge in [0.1, 0.15) is 0 Å². The van der Waals surface area contributed by atoms with E-state index < -0.39 is 11.5 Å². The van der Waals surface area contributed by atoms with Gasteiger partial charge in [-0.15, -0.1) is 0 Å². The van der Waals surface area contributed by atoms with Crippen LogP contribution in [0.1, 0.15) is 38.4 Å². The number of carbonyl (C=O) groups is 3. The summed E-state index contributed by atoms with van der Waals surface area (Å²) in [5.41, 5.74) is 1.97. The van der Waals surface area contributed by atoms with E-state index in [4.69, 9.17) is 0 Å². The standard InChI is InChI=1S/C23H26N4O3/c1-15-17(9-6-12-24-15)21(29)27-13-19(22(30)26(2)3)23(14-27)11-10-16-7-4-5-8-18(16)20(28)25-23/h4-9,12,19H,10-11,13-14H2,1-3H3,(H,25,28)/t19-,23+/m1/s1. The molecule has 2 aromatic rings. The minimum absolute atomic E-state index is 0.0838. The van der Waals surface area contributed by atoms with Crippen LogP contribution in [-0.4, -0.2) is 65.2 Å². The number of amides is 3. The second-order valence-corrected chi connectivity index (χ2v) is 8.37. The summed E-state index contributed by atoms with van der Waals surface area (Å²) in [6.45, 7) is 2.36. The zero-order chi connectivity index (χ0) is 21.5. The highest BCUT2D eigenvalue weighted by atomic mass is 16.2. The van der Waals surface area contributed by atoms with Crippen molar-refractivity contribution in [3.8, 4) is 0 Å². The van der Waals surface area contributed by atoms with E-state index in [-0.39, 0.29) is 24.3 Å². The summed E-state index contributed by atoms with van der Waals surface area (Å²) < 4.78 is 0. The van der Waals surface area contributed by atoms with Gasteiger partial charge in [0.05, 0.1) is 17.0 Å². The molecule has 1 aromatic carbocycles. The van der Waals surface area contributed by atoms with Crippen LogP contribution in [0.4, 0.5) is 0 Å². The largest absolute Gasteiger partial charge is 0.348 e. The molecule has 30 heavy (non-hydrogen) atoms. The Bertz CT molecular complexity index is 1020. The van der Waals surface area contributed by atoms with Gasteiger partial charge in [0, 0.05) is 44.6 Å². The van der Waals surface area contributed by atoms with Gasteiger partial charge in [-0.2, -0.15) is 0 Å². The highest BCUT2D eigenvalue weighted by Crippen LogP contribution is 2.36. The van der Waals surface area contributed by atoms with E-state index >= 15 is 0 Å². The molecular formula is C23H26N4O3. The number of carbonyl (C=O) groups excluding carboxylic acids is 3. The second kappa shape index (κ2) is 7.55. The molecule has 7 heteroatoms. The zero-order valence-electron chi connectivity index (χ0n) is 17.5. The SMILES string of the molecule is Cc1ncccc1C(=O)N1C[C@H](C(=O)N(C)C)[C@]2(CCc3ccccc3C(=O)N2)C1. The maximum Gasteiger partial charge on any atom is 0.255 e. The van der Waals surface area contributed by atoms with Crippen molar-refractivity contribution >= 4 is 17.7 Å². The predicted molar refractivity (Wildman–Crippen MR) is 112 cm³/mol. The molecule has 1 saturated heterocycles. The summed E-state index contributed by atoms with van der Waals surface area (Å²) in [6, 6.07) is 11.0. The van der Waals surface area contributed by atoms with Gasteiger partial charge in [0.2, 0.25) is 5.91 Å². The van der Waals surface area contributed by atoms with Crippen molar-refractivity contribution in [1.29, 1.82) is 0 Å². The number of likely N-dealkylation sites (tertiary alicyclic amines) is 1. The third-order valence-corrected chi connectivity index (χ3v) is 6.27. The van der Waals surface area contributed by atoms with Crippen molar-refractivity contribution in [1.82, 2.24) is 20.1 Å². The van der Waals surface area contributed by atoms with Crippen molar-refractivity contribution in [2.45, 2.75) is 25.3 Å². The first kappa shape index (κ1) is 20.1. The van der Waals surface area contributed by atoms with E-state index in [1.165, 1.54) is 0 Å². The molecule has 1 aromatic heterocycles. The number of nitrogens with one attached hydrogen (secondary N) is 1. The number of hydrogen-bond acceptors (Lipinski definition) is 4. The summed E-state index contributed by atoms with van der Waals surface area (Å²) in [5.74, 6) is -0.942. The first-order valence-corrected chi connectivity index (χ1v) is 10.1. The van der Waals surface area contributed by atoms with Crippen molar-refractivity contribution in [3.05, 3.63) is 65.0 Å². The molecule has 4 rings (SSSR count). The van der Waals surface area contributed by atoms with Crippen LogP contribution in [0.3, 0.4) is 0 Å². The molecule has 1 N–H and O–H groups in total. The molecule has 0 saturated carbocycles. The number of aromatic nitrogens is 1. The smallest absolute Gasteiger partial charge is 0.255 e. The molecule has 0 unspecified atom stereocenters. The number of nitrogens with zero attached hydrogens (tertiary/aromatic N) is 3. The van der Waals surface area contributed by atoms with Gasteiger partial charge in [-0.1, -0.05) is 18.2 Å². The van der Waals surface area contributed by atoms with Gasteiger partial charge < -0.3 is 15.1 Å². The van der Waals surface area contributed by atoms with Gasteiger partial charge in [-0.25, -0.2) is 0 Å². The van der Waals surface area contributed by atoms with Crippen LogP contribution in [0.15, 0.2) is 42.6 Å². The van der Waals surface area contributed by atoms with Crippen molar-refractivity contribution in [2.75, 3.05) is 27.2 Å². The fourth-order valence-electron chi connectivity index (χ4n) is 4.63. The summed E-state index contributed by atoms with van der Waals surface area (Å²) >= 11 is 0. The lowest BCUT2D eigenvalue weighted by Gasteiger charge is -2.34. The van der Waals surface area contributed by atoms with E-state index in [0.717, 1.165) is 5.56 Å². The number of hydrogen-bond donors (Lipinski definition) is 1. The minimum Gasteiger partial charge on any atom is -0.348 e. The Morgan fingerprint density at radius 2 is 1.97 bits per heavy atom. The lowest BCUT2D eigenvalue weighted by atomic mass is 9.81. The highest BCUT2D eigenvalue weighted by Gasteiger charge is 2.53. The van der Waals surface area contributed by atoms with Crippen molar-refractivity contribution in [2.24, 2.45) is 5.92 Å². The molecular weight excluding hydrogens is 380 g/mol. The summed E-state index contributed by atoms with van der Waals surface area (Å²) in [7, 11) is 3.41. The molecule has 1 spiro atoms. The number of pyridine rings is 1. The third kappa shape index (κ3) is 3.34. The topological polar surface area (TPSA) is 82.6 Å². The van der Waals surface area contributed by atoms with Crippen LogP contribution in [0.2, 0.25) is 0 Å². The van der Waals surface area contributed by atoms with Crippen LogP contribution in [0, 0.1) is 12.8 Å². The second-order valence-electron chi connectivity index (χ2n) is 8.37. The normalized spacial score (nSPS) is 23.0. The maximum absolute atomic E-state index is 13.3. The van der Waals surface area contributed by atoms with Gasteiger partial charge >= 0.3 is 0 Å². The average molecular weight is 406 g/mol. The molecule has 3 heterocycles. The molecule has 1 fully saturated rings. The molecule has 2 aliphatic heterocycles. The zero-order valence-corrected chi connectivity index (χ0v) is 17.5. The van der Waals surface area contributed by atoms with Crippen LogP contribution in [-0.2, 0) is 11.2 Å². The fraction of sp³-hybridized carbons (Fsp3) is 0.391. The number of aryl methyl sites for hydroxylation is 2. The lowest BCUT2D eigenvalue weighted by Crippen LogP contribution is -2.57. The average Bonchev–Trinajstić information content (AvgIpc) is 3.03. The molecule has 0 bridgehead atoms. The molecule has 3 amide bonds. The Hall–Kier alpha value is -3.22. The number of fused-ring (bicyclic) bond motifs is 1. The Morgan fingerprint density at radius 3 is 2.70 bits per heavy atom. The summed E-state index contributed by atoms with van der Waals surface area (Å²) in [5, 5.41) is 3.15. The van der Waals surface area contributed by atoms with Crippen LogP contribution in [0.5, 0.6) is 0 Å². The van der Waals surface area contributed by atoms with Crippen LogP contribution < -0.4 is 5.32 Å². The predicted octanol–water partition coefficient (Wildman–Crippen LogP) is 1.67. The van der Waals surface area contributed by atoms with Crippen molar-refractivity contribution < 1.29 is 14.4 Å². The highest BCUT2D eigenvalue weighted by molar-refractivity contribution is 5.99. The van der Waals surface area contributed by atoms with Gasteiger partial charge in [-0.3, -0.25) is 19.4 Å². The van der Waals surface area contributed by atoms with E-state index in [1.807, 2.05) is 24.3 Å². The van der Waals surface area contributed by atoms with Crippen molar-refractivity contribution in [3.63, 3.8) is 0 Å². The molecule has 156 valence electrons. The van der Waals surface area contributed by atoms with E-state index in [1.54, 1.807) is 49.1 Å². The number of benzene rings is 1. The first-order chi connectivity index (χ1) is 14.3. The lowest BCUT2D eigenvalue weighted by molar-refractivity contribution is -0.134. The first-order valence-electron chi connectivity index (χ1n) is 10.1. The van der Waals surface area contributed by atoms with Crippen LogP contribution in [0.25, 0.3) is 0 Å². The third-order valence-electron chi connectivity index (χ3n) is 6.27. The van der Waals surface area contributed by atoms with E-state index in [2.05, 4.69) is 10.3 Å². The van der Waals surface area contributed by atoms with Crippen LogP contribution >= 0.6 is 0 Å². The Labute approximate surface area is 176 Å². The molecule has 0 aliphatic carbocycles. The molecule has 7 nitrogen and oxygen atoms in total. The fourth-order valence-corrected chi connectivity index (χ4v) is 4.63. The van der Waals surface area contributed by atoms with Gasteiger partial charge in [0.15, 0.2) is 0 Å². The maximum atomic E-state index is 13.3. The Balaban J connectivity index is 1.70. The monoisotopic (exact) mass is 406 g/mol. The van der Waals surface area contributed by atoms with Gasteiger partial charge in [0.25, 0.3) is 11.8 Å². The summed E-state index contributed by atoms with van der Waals surface area (Å²) in [4.78, 5) is 46.9. The number of rotatable bonds is 2. The minimum atomic E-state index is -0.802.